The Bertz CT molecular complexity index is 456. The van der Waals surface area contributed by atoms with Crippen LogP contribution in [0.15, 0.2) is 22.7 Å². The first kappa shape index (κ1) is 11.3. The van der Waals surface area contributed by atoms with Gasteiger partial charge in [-0.2, -0.15) is 0 Å². The Hall–Kier alpha value is -1.16. The molecule has 1 heterocycles. The Morgan fingerprint density at radius 2 is 2.19 bits per heavy atom. The Kier molecular flexibility index (Phi) is 3.10. The third-order valence-electron chi connectivity index (χ3n) is 2.78. The number of fused-ring (bicyclic) bond motifs is 1. The monoisotopic (exact) mass is 281 g/mol. The van der Waals surface area contributed by atoms with Crippen LogP contribution in [0.3, 0.4) is 0 Å². The molecule has 0 saturated carbocycles. The number of hydrogen-bond donors (Lipinski definition) is 0. The SMILES string of the molecule is CC(=O)N1CCC(=O)c2ccc(Br)cc2C1. The van der Waals surface area contributed by atoms with Gasteiger partial charge in [0.15, 0.2) is 5.78 Å². The fourth-order valence-corrected chi connectivity index (χ4v) is 2.30. The molecule has 0 aromatic heterocycles. The average Bonchev–Trinajstić information content (AvgIpc) is 2.38. The fourth-order valence-electron chi connectivity index (χ4n) is 1.89. The summed E-state index contributed by atoms with van der Waals surface area (Å²) in [5.41, 5.74) is 1.67. The molecule has 1 amide bonds. The molecule has 0 bridgehead atoms. The number of nitrogens with zero attached hydrogens (tertiary/aromatic N) is 1. The summed E-state index contributed by atoms with van der Waals surface area (Å²) in [6, 6.07) is 5.60. The number of Topliss-reactive ketones (excluding diaryl/α,β-unsaturated/α-hetero) is 1. The second kappa shape index (κ2) is 4.37. The normalized spacial score (nSPS) is 15.6. The van der Waals surface area contributed by atoms with E-state index in [1.54, 1.807) is 4.90 Å². The average molecular weight is 282 g/mol. The van der Waals surface area contributed by atoms with Crippen molar-refractivity contribution >= 4 is 27.6 Å². The van der Waals surface area contributed by atoms with E-state index >= 15 is 0 Å². The molecule has 0 saturated heterocycles. The van der Waals surface area contributed by atoms with Crippen molar-refractivity contribution in [1.82, 2.24) is 4.90 Å². The highest BCUT2D eigenvalue weighted by molar-refractivity contribution is 9.10. The summed E-state index contributed by atoms with van der Waals surface area (Å²) in [7, 11) is 0. The number of carbonyl (C=O) groups excluding carboxylic acids is 2. The standard InChI is InChI=1S/C12H12BrNO2/c1-8(15)14-5-4-12(16)11-3-2-10(13)6-9(11)7-14/h2-3,6H,4-5,7H2,1H3. The molecule has 1 aliphatic heterocycles. The third kappa shape index (κ3) is 2.16. The van der Waals surface area contributed by atoms with Gasteiger partial charge in [0.05, 0.1) is 0 Å². The molecule has 1 aromatic rings. The summed E-state index contributed by atoms with van der Waals surface area (Å²) in [6.07, 6.45) is 0.411. The molecule has 0 radical (unpaired) electrons. The minimum Gasteiger partial charge on any atom is -0.338 e. The molecule has 1 aromatic carbocycles. The molecule has 0 N–H and O–H groups in total. The molecule has 1 aliphatic rings. The molecule has 0 atom stereocenters. The van der Waals surface area contributed by atoms with Gasteiger partial charge >= 0.3 is 0 Å². The highest BCUT2D eigenvalue weighted by Crippen LogP contribution is 2.22. The minimum absolute atomic E-state index is 0.0145. The number of hydrogen-bond acceptors (Lipinski definition) is 2. The van der Waals surface area contributed by atoms with Crippen LogP contribution in [0.1, 0.15) is 29.3 Å². The van der Waals surface area contributed by atoms with Crippen LogP contribution in [-0.2, 0) is 11.3 Å². The first-order valence-corrected chi connectivity index (χ1v) is 5.94. The van der Waals surface area contributed by atoms with E-state index in [1.807, 2.05) is 18.2 Å². The zero-order valence-electron chi connectivity index (χ0n) is 9.00. The van der Waals surface area contributed by atoms with Crippen molar-refractivity contribution in [2.75, 3.05) is 6.54 Å². The van der Waals surface area contributed by atoms with Gasteiger partial charge in [-0.05, 0) is 23.8 Å². The number of benzene rings is 1. The number of carbonyl (C=O) groups is 2. The van der Waals surface area contributed by atoms with Crippen molar-refractivity contribution in [3.8, 4) is 0 Å². The number of ketones is 1. The van der Waals surface area contributed by atoms with E-state index in [0.717, 1.165) is 15.6 Å². The molecule has 0 unspecified atom stereocenters. The second-order valence-corrected chi connectivity index (χ2v) is 4.83. The van der Waals surface area contributed by atoms with E-state index in [9.17, 15) is 9.59 Å². The van der Waals surface area contributed by atoms with Crippen molar-refractivity contribution in [3.05, 3.63) is 33.8 Å². The third-order valence-corrected chi connectivity index (χ3v) is 3.28. The van der Waals surface area contributed by atoms with Gasteiger partial charge in [-0.3, -0.25) is 9.59 Å². The summed E-state index contributed by atoms with van der Waals surface area (Å²) in [5, 5.41) is 0. The van der Waals surface area contributed by atoms with E-state index in [2.05, 4.69) is 15.9 Å². The molecular formula is C12H12BrNO2. The maximum atomic E-state index is 11.8. The number of halogens is 1. The quantitative estimate of drug-likeness (QED) is 0.732. The van der Waals surface area contributed by atoms with E-state index in [-0.39, 0.29) is 11.7 Å². The van der Waals surface area contributed by atoms with Gasteiger partial charge in [0, 0.05) is 36.5 Å². The zero-order chi connectivity index (χ0) is 11.7. The first-order valence-electron chi connectivity index (χ1n) is 5.15. The molecule has 0 aliphatic carbocycles. The maximum Gasteiger partial charge on any atom is 0.219 e. The largest absolute Gasteiger partial charge is 0.338 e. The molecular weight excluding hydrogens is 270 g/mol. The van der Waals surface area contributed by atoms with Gasteiger partial charge in [0.1, 0.15) is 0 Å². The lowest BCUT2D eigenvalue weighted by atomic mass is 10.0. The first-order chi connectivity index (χ1) is 7.58. The minimum atomic E-state index is 0.0145. The summed E-state index contributed by atoms with van der Waals surface area (Å²) in [5.74, 6) is 0.131. The van der Waals surface area contributed by atoms with E-state index in [4.69, 9.17) is 0 Å². The maximum absolute atomic E-state index is 11.8. The Morgan fingerprint density at radius 3 is 2.88 bits per heavy atom. The lowest BCUT2D eigenvalue weighted by molar-refractivity contribution is -0.129. The molecule has 4 heteroatoms. The smallest absolute Gasteiger partial charge is 0.219 e. The van der Waals surface area contributed by atoms with Gasteiger partial charge in [-0.1, -0.05) is 15.9 Å². The molecule has 0 fully saturated rings. The summed E-state index contributed by atoms with van der Waals surface area (Å²) in [6.45, 7) is 2.57. The highest BCUT2D eigenvalue weighted by atomic mass is 79.9. The van der Waals surface area contributed by atoms with Crippen LogP contribution in [-0.4, -0.2) is 23.1 Å². The Labute approximate surface area is 103 Å². The van der Waals surface area contributed by atoms with Crippen LogP contribution in [0.4, 0.5) is 0 Å². The van der Waals surface area contributed by atoms with Crippen LogP contribution < -0.4 is 0 Å². The van der Waals surface area contributed by atoms with Crippen molar-refractivity contribution < 1.29 is 9.59 Å². The topological polar surface area (TPSA) is 37.4 Å². The number of amides is 1. The van der Waals surface area contributed by atoms with Gasteiger partial charge in [0.25, 0.3) is 0 Å². The van der Waals surface area contributed by atoms with Crippen molar-refractivity contribution in [1.29, 1.82) is 0 Å². The Balaban J connectivity index is 2.42. The van der Waals surface area contributed by atoms with Crippen LogP contribution in [0.5, 0.6) is 0 Å². The van der Waals surface area contributed by atoms with Crippen LogP contribution in [0.25, 0.3) is 0 Å². The second-order valence-electron chi connectivity index (χ2n) is 3.92. The van der Waals surface area contributed by atoms with Gasteiger partial charge in [-0.25, -0.2) is 0 Å². The van der Waals surface area contributed by atoms with Crippen molar-refractivity contribution in [3.63, 3.8) is 0 Å². The van der Waals surface area contributed by atoms with Crippen molar-refractivity contribution in [2.45, 2.75) is 19.9 Å². The van der Waals surface area contributed by atoms with Crippen LogP contribution >= 0.6 is 15.9 Å². The van der Waals surface area contributed by atoms with Crippen LogP contribution in [0, 0.1) is 0 Å². The lowest BCUT2D eigenvalue weighted by Gasteiger charge is -2.18. The van der Waals surface area contributed by atoms with E-state index in [1.165, 1.54) is 6.92 Å². The highest BCUT2D eigenvalue weighted by Gasteiger charge is 2.21. The fraction of sp³-hybridized carbons (Fsp3) is 0.333. The predicted molar refractivity (Wildman–Crippen MR) is 64.2 cm³/mol. The van der Waals surface area contributed by atoms with Gasteiger partial charge < -0.3 is 4.90 Å². The number of rotatable bonds is 0. The van der Waals surface area contributed by atoms with E-state index < -0.39 is 0 Å². The molecule has 3 nitrogen and oxygen atoms in total. The molecule has 2 rings (SSSR count). The zero-order valence-corrected chi connectivity index (χ0v) is 10.6. The van der Waals surface area contributed by atoms with Crippen molar-refractivity contribution in [2.24, 2.45) is 0 Å². The molecule has 84 valence electrons. The Morgan fingerprint density at radius 1 is 1.44 bits per heavy atom. The molecule has 16 heavy (non-hydrogen) atoms. The van der Waals surface area contributed by atoms with Gasteiger partial charge in [0.2, 0.25) is 5.91 Å². The van der Waals surface area contributed by atoms with Crippen LogP contribution in [0.2, 0.25) is 0 Å². The summed E-state index contributed by atoms with van der Waals surface area (Å²) >= 11 is 3.38. The molecule has 0 spiro atoms. The summed E-state index contributed by atoms with van der Waals surface area (Å²) in [4.78, 5) is 24.9. The predicted octanol–water partition coefficient (Wildman–Crippen LogP) is 2.38. The van der Waals surface area contributed by atoms with Gasteiger partial charge in [-0.15, -0.1) is 0 Å². The lowest BCUT2D eigenvalue weighted by Crippen LogP contribution is -2.28. The van der Waals surface area contributed by atoms with E-state index in [0.29, 0.717) is 19.5 Å². The summed E-state index contributed by atoms with van der Waals surface area (Å²) < 4.78 is 0.935.